The van der Waals surface area contributed by atoms with Crippen molar-refractivity contribution in [2.45, 2.75) is 44.6 Å². The van der Waals surface area contributed by atoms with E-state index < -0.39 is 6.09 Å². The molecule has 5 nitrogen and oxygen atoms in total. The second kappa shape index (κ2) is 7.42. The molecule has 0 unspecified atom stereocenters. The number of halogens is 1. The van der Waals surface area contributed by atoms with Crippen molar-refractivity contribution in [3.8, 4) is 0 Å². The van der Waals surface area contributed by atoms with Gasteiger partial charge in [0.15, 0.2) is 0 Å². The lowest BCUT2D eigenvalue weighted by molar-refractivity contribution is -0.140. The number of carbonyl (C=O) groups is 2. The molecule has 136 valence electrons. The van der Waals surface area contributed by atoms with Gasteiger partial charge in [-0.1, -0.05) is 12.1 Å². The molecule has 3 rings (SSSR count). The van der Waals surface area contributed by atoms with Crippen LogP contribution < -0.4 is 5.32 Å². The maximum atomic E-state index is 13.4. The van der Waals surface area contributed by atoms with Gasteiger partial charge in [0.2, 0.25) is 5.91 Å². The molecular weight excluding hydrogens is 323 g/mol. The van der Waals surface area contributed by atoms with Crippen molar-refractivity contribution in [1.82, 2.24) is 10.2 Å². The predicted molar refractivity (Wildman–Crippen MR) is 91.7 cm³/mol. The summed E-state index contributed by atoms with van der Waals surface area (Å²) in [7, 11) is 1.34. The number of benzene rings is 1. The molecule has 1 heterocycles. The highest BCUT2D eigenvalue weighted by molar-refractivity contribution is 5.80. The summed E-state index contributed by atoms with van der Waals surface area (Å²) in [5, 5.41) is 2.73. The topological polar surface area (TPSA) is 58.6 Å². The zero-order valence-corrected chi connectivity index (χ0v) is 14.8. The molecule has 2 aliphatic rings. The van der Waals surface area contributed by atoms with Crippen molar-refractivity contribution in [2.24, 2.45) is 5.92 Å². The third-order valence-corrected chi connectivity index (χ3v) is 5.45. The van der Waals surface area contributed by atoms with Crippen LogP contribution >= 0.6 is 0 Å². The van der Waals surface area contributed by atoms with Crippen molar-refractivity contribution in [3.05, 3.63) is 35.1 Å². The summed E-state index contributed by atoms with van der Waals surface area (Å²) in [6, 6.07) is 5.36. The Morgan fingerprint density at radius 2 is 1.92 bits per heavy atom. The first kappa shape index (κ1) is 17.7. The molecule has 1 N–H and O–H groups in total. The van der Waals surface area contributed by atoms with Crippen molar-refractivity contribution < 1.29 is 18.7 Å². The van der Waals surface area contributed by atoms with E-state index in [4.69, 9.17) is 0 Å². The van der Waals surface area contributed by atoms with Crippen LogP contribution in [-0.4, -0.2) is 43.1 Å². The highest BCUT2D eigenvalue weighted by atomic mass is 19.1. The number of piperidine rings is 1. The molecule has 1 saturated carbocycles. The Bertz CT molecular complexity index is 650. The van der Waals surface area contributed by atoms with Gasteiger partial charge in [-0.05, 0) is 55.7 Å². The zero-order valence-electron chi connectivity index (χ0n) is 14.8. The zero-order chi connectivity index (χ0) is 18.0. The number of hydrogen-bond acceptors (Lipinski definition) is 3. The lowest BCUT2D eigenvalue weighted by Gasteiger charge is -2.40. The Balaban J connectivity index is 1.47. The molecule has 6 heteroatoms. The SMILES string of the molecule is COC(=O)NC1CC(C(=O)N2CCC(c3ccc(F)c(C)c3)CC2)C1. The van der Waals surface area contributed by atoms with E-state index in [1.807, 2.05) is 17.0 Å². The van der Waals surface area contributed by atoms with Gasteiger partial charge in [0.05, 0.1) is 7.11 Å². The molecular formula is C19H25FN2O3. The minimum Gasteiger partial charge on any atom is -0.453 e. The van der Waals surface area contributed by atoms with Crippen LogP contribution in [0.3, 0.4) is 0 Å². The maximum absolute atomic E-state index is 13.4. The summed E-state index contributed by atoms with van der Waals surface area (Å²) in [6.45, 7) is 3.27. The lowest BCUT2D eigenvalue weighted by Crippen LogP contribution is -2.51. The summed E-state index contributed by atoms with van der Waals surface area (Å²) >= 11 is 0. The fourth-order valence-corrected chi connectivity index (χ4v) is 3.78. The van der Waals surface area contributed by atoms with Gasteiger partial charge < -0.3 is 15.0 Å². The van der Waals surface area contributed by atoms with E-state index in [9.17, 15) is 14.0 Å². The van der Waals surface area contributed by atoms with E-state index in [1.165, 1.54) is 13.2 Å². The number of alkyl carbamates (subject to hydrolysis) is 1. The second-order valence-corrected chi connectivity index (χ2v) is 7.11. The molecule has 1 aromatic rings. The molecule has 1 aromatic carbocycles. The summed E-state index contributed by atoms with van der Waals surface area (Å²) in [5.41, 5.74) is 1.84. The van der Waals surface area contributed by atoms with Crippen LogP contribution in [-0.2, 0) is 9.53 Å². The molecule has 0 radical (unpaired) electrons. The fraction of sp³-hybridized carbons (Fsp3) is 0.579. The number of methoxy groups -OCH3 is 1. The highest BCUT2D eigenvalue weighted by Crippen LogP contribution is 2.33. The smallest absolute Gasteiger partial charge is 0.407 e. The van der Waals surface area contributed by atoms with Crippen LogP contribution in [0.25, 0.3) is 0 Å². The van der Waals surface area contributed by atoms with Gasteiger partial charge in [0.25, 0.3) is 0 Å². The van der Waals surface area contributed by atoms with Crippen molar-refractivity contribution >= 4 is 12.0 Å². The average Bonchev–Trinajstić information content (AvgIpc) is 2.59. The van der Waals surface area contributed by atoms with Gasteiger partial charge in [-0.3, -0.25) is 4.79 Å². The molecule has 1 aliphatic carbocycles. The van der Waals surface area contributed by atoms with Crippen LogP contribution in [0.5, 0.6) is 0 Å². The standard InChI is InChI=1S/C19H25FN2O3/c1-12-9-14(3-4-17(12)20)13-5-7-22(8-6-13)18(23)15-10-16(11-15)21-19(24)25-2/h3-4,9,13,15-16H,5-8,10-11H2,1-2H3,(H,21,24). The Hall–Kier alpha value is -2.11. The molecule has 2 fully saturated rings. The molecule has 25 heavy (non-hydrogen) atoms. The van der Waals surface area contributed by atoms with Crippen LogP contribution in [0.2, 0.25) is 0 Å². The van der Waals surface area contributed by atoms with E-state index >= 15 is 0 Å². The third-order valence-electron chi connectivity index (χ3n) is 5.45. The first-order chi connectivity index (χ1) is 12.0. The molecule has 0 atom stereocenters. The van der Waals surface area contributed by atoms with Gasteiger partial charge in [0, 0.05) is 25.0 Å². The molecule has 0 aromatic heterocycles. The number of aryl methyl sites for hydroxylation is 1. The minimum absolute atomic E-state index is 0.00627. The summed E-state index contributed by atoms with van der Waals surface area (Å²) in [5.74, 6) is 0.415. The van der Waals surface area contributed by atoms with E-state index in [0.717, 1.165) is 31.5 Å². The number of amides is 2. The Morgan fingerprint density at radius 1 is 1.24 bits per heavy atom. The highest BCUT2D eigenvalue weighted by Gasteiger charge is 2.38. The van der Waals surface area contributed by atoms with Crippen molar-refractivity contribution in [1.29, 1.82) is 0 Å². The number of nitrogens with one attached hydrogen (secondary N) is 1. The van der Waals surface area contributed by atoms with Crippen molar-refractivity contribution in [2.75, 3.05) is 20.2 Å². The Kier molecular flexibility index (Phi) is 5.25. The Labute approximate surface area is 147 Å². The summed E-state index contributed by atoms with van der Waals surface area (Å²) in [6.07, 6.45) is 2.75. The van der Waals surface area contributed by atoms with Crippen LogP contribution in [0.1, 0.15) is 42.7 Å². The lowest BCUT2D eigenvalue weighted by atomic mass is 9.78. The fourth-order valence-electron chi connectivity index (χ4n) is 3.78. The molecule has 0 spiro atoms. The number of nitrogens with zero attached hydrogens (tertiary/aromatic N) is 1. The van der Waals surface area contributed by atoms with E-state index in [0.29, 0.717) is 24.3 Å². The predicted octanol–water partition coefficient (Wildman–Crippen LogP) is 2.97. The van der Waals surface area contributed by atoms with Crippen molar-refractivity contribution in [3.63, 3.8) is 0 Å². The van der Waals surface area contributed by atoms with Gasteiger partial charge in [-0.25, -0.2) is 9.18 Å². The van der Waals surface area contributed by atoms with Gasteiger partial charge in [-0.15, -0.1) is 0 Å². The number of hydrogen-bond donors (Lipinski definition) is 1. The normalized spacial score (nSPS) is 23.7. The van der Waals surface area contributed by atoms with Gasteiger partial charge in [0.1, 0.15) is 5.82 Å². The van der Waals surface area contributed by atoms with Crippen LogP contribution in [0.15, 0.2) is 18.2 Å². The first-order valence-electron chi connectivity index (χ1n) is 8.87. The number of ether oxygens (including phenoxy) is 1. The molecule has 2 amide bonds. The van der Waals surface area contributed by atoms with E-state index in [2.05, 4.69) is 10.1 Å². The van der Waals surface area contributed by atoms with Gasteiger partial charge in [-0.2, -0.15) is 0 Å². The monoisotopic (exact) mass is 348 g/mol. The summed E-state index contributed by atoms with van der Waals surface area (Å²) < 4.78 is 18.0. The largest absolute Gasteiger partial charge is 0.453 e. The minimum atomic E-state index is -0.439. The number of carbonyl (C=O) groups excluding carboxylic acids is 2. The van der Waals surface area contributed by atoms with E-state index in [-0.39, 0.29) is 23.7 Å². The Morgan fingerprint density at radius 3 is 2.52 bits per heavy atom. The molecule has 1 saturated heterocycles. The molecule has 0 bridgehead atoms. The van der Waals surface area contributed by atoms with E-state index in [1.54, 1.807) is 6.92 Å². The van der Waals surface area contributed by atoms with Crippen LogP contribution in [0.4, 0.5) is 9.18 Å². The van der Waals surface area contributed by atoms with Gasteiger partial charge >= 0.3 is 6.09 Å². The number of likely N-dealkylation sites (tertiary alicyclic amines) is 1. The number of rotatable bonds is 3. The second-order valence-electron chi connectivity index (χ2n) is 7.11. The average molecular weight is 348 g/mol. The summed E-state index contributed by atoms with van der Waals surface area (Å²) in [4.78, 5) is 25.6. The third kappa shape index (κ3) is 3.94. The molecule has 1 aliphatic heterocycles. The first-order valence-corrected chi connectivity index (χ1v) is 8.87. The maximum Gasteiger partial charge on any atom is 0.407 e. The quantitative estimate of drug-likeness (QED) is 0.914. The van der Waals surface area contributed by atoms with Crippen LogP contribution in [0, 0.1) is 18.7 Å².